The summed E-state index contributed by atoms with van der Waals surface area (Å²) in [6.45, 7) is 4.72. The molecule has 0 fully saturated rings. The molecule has 0 spiro atoms. The van der Waals surface area contributed by atoms with Crippen LogP contribution in [0.4, 0.5) is 17.1 Å². The van der Waals surface area contributed by atoms with Gasteiger partial charge in [0, 0.05) is 43.9 Å². The molecule has 0 unspecified atom stereocenters. The highest BCUT2D eigenvalue weighted by atomic mass is 16.3. The molecule has 10 aromatic carbocycles. The maximum atomic E-state index is 6.68. The zero-order valence-corrected chi connectivity index (χ0v) is 34.3. The third kappa shape index (κ3) is 5.00. The standard InChI is InChI=1S/C59H39NO2/c1-59(2)49-22-10-7-18-44(49)45-31-30-39(35-50(45)59)60(38-28-26-36(27-29-38)41-21-13-25-54-56(41)46-19-8-11-23-52(46)61-54)51-32-33-55-58(47-20-9-12-24-53(47)62-55)57(51)48-34-37-14-3-4-15-40(37)42-16-5-6-17-43(42)48/h3-35H,1-2H3. The van der Waals surface area contributed by atoms with E-state index < -0.39 is 0 Å². The Morgan fingerprint density at radius 1 is 0.371 bits per heavy atom. The topological polar surface area (TPSA) is 29.5 Å². The van der Waals surface area contributed by atoms with Crippen LogP contribution in [0.15, 0.2) is 209 Å². The molecule has 0 radical (unpaired) electrons. The van der Waals surface area contributed by atoms with Crippen LogP contribution in [0.3, 0.4) is 0 Å². The highest BCUT2D eigenvalue weighted by molar-refractivity contribution is 6.23. The molecule has 0 N–H and O–H groups in total. The third-order valence-corrected chi connectivity index (χ3v) is 13.5. The van der Waals surface area contributed by atoms with E-state index in [-0.39, 0.29) is 5.41 Å². The van der Waals surface area contributed by atoms with Gasteiger partial charge in [0.1, 0.15) is 22.3 Å². The maximum absolute atomic E-state index is 6.68. The summed E-state index contributed by atoms with van der Waals surface area (Å²) in [7, 11) is 0. The van der Waals surface area contributed by atoms with Crippen LogP contribution >= 0.6 is 0 Å². The van der Waals surface area contributed by atoms with Crippen molar-refractivity contribution in [2.75, 3.05) is 4.90 Å². The van der Waals surface area contributed by atoms with E-state index in [0.717, 1.165) is 77.6 Å². The van der Waals surface area contributed by atoms with Gasteiger partial charge in [-0.05, 0) is 121 Å². The largest absolute Gasteiger partial charge is 0.456 e. The normalized spacial score (nSPS) is 13.1. The molecule has 0 amide bonds. The van der Waals surface area contributed by atoms with Crippen LogP contribution in [0.25, 0.3) is 98.8 Å². The summed E-state index contributed by atoms with van der Waals surface area (Å²) in [5, 5.41) is 9.33. The number of furan rings is 2. The molecule has 12 aromatic rings. The van der Waals surface area contributed by atoms with Gasteiger partial charge in [-0.1, -0.05) is 153 Å². The monoisotopic (exact) mass is 793 g/mol. The van der Waals surface area contributed by atoms with E-state index in [1.807, 2.05) is 12.1 Å². The highest BCUT2D eigenvalue weighted by Gasteiger charge is 2.36. The smallest absolute Gasteiger partial charge is 0.136 e. The molecule has 3 nitrogen and oxygen atoms in total. The second-order valence-corrected chi connectivity index (χ2v) is 17.2. The average molecular weight is 794 g/mol. The van der Waals surface area contributed by atoms with Gasteiger partial charge in [-0.3, -0.25) is 0 Å². The first kappa shape index (κ1) is 34.9. The number of benzene rings is 10. The first-order valence-electron chi connectivity index (χ1n) is 21.4. The molecular formula is C59H39NO2. The van der Waals surface area contributed by atoms with E-state index in [2.05, 4.69) is 207 Å². The number of nitrogens with zero attached hydrogens (tertiary/aromatic N) is 1. The number of fused-ring (bicyclic) bond motifs is 12. The Kier molecular flexibility index (Phi) is 7.36. The van der Waals surface area contributed by atoms with Crippen molar-refractivity contribution in [3.63, 3.8) is 0 Å². The first-order valence-corrected chi connectivity index (χ1v) is 21.4. The van der Waals surface area contributed by atoms with Crippen LogP contribution in [0.5, 0.6) is 0 Å². The van der Waals surface area contributed by atoms with Crippen molar-refractivity contribution in [1.82, 2.24) is 0 Å². The van der Waals surface area contributed by atoms with E-state index in [0.29, 0.717) is 0 Å². The molecule has 2 aromatic heterocycles. The van der Waals surface area contributed by atoms with Gasteiger partial charge < -0.3 is 13.7 Å². The molecule has 62 heavy (non-hydrogen) atoms. The minimum absolute atomic E-state index is 0.175. The summed E-state index contributed by atoms with van der Waals surface area (Å²) < 4.78 is 13.0. The lowest BCUT2D eigenvalue weighted by Crippen LogP contribution is -2.17. The molecule has 1 aliphatic carbocycles. The number of para-hydroxylation sites is 2. The lowest BCUT2D eigenvalue weighted by Gasteiger charge is -2.30. The van der Waals surface area contributed by atoms with E-state index in [1.165, 1.54) is 49.4 Å². The van der Waals surface area contributed by atoms with Crippen molar-refractivity contribution >= 4 is 82.5 Å². The quantitative estimate of drug-likeness (QED) is 0.163. The summed E-state index contributed by atoms with van der Waals surface area (Å²) in [5.41, 5.74) is 16.5. The van der Waals surface area contributed by atoms with E-state index in [4.69, 9.17) is 8.83 Å². The van der Waals surface area contributed by atoms with Crippen molar-refractivity contribution in [1.29, 1.82) is 0 Å². The lowest BCUT2D eigenvalue weighted by molar-refractivity contribution is 0.660. The van der Waals surface area contributed by atoms with Gasteiger partial charge in [0.05, 0.1) is 5.69 Å². The van der Waals surface area contributed by atoms with Crippen LogP contribution in [0.1, 0.15) is 25.0 Å². The average Bonchev–Trinajstić information content (AvgIpc) is 3.97. The molecule has 3 heteroatoms. The minimum Gasteiger partial charge on any atom is -0.456 e. The Labute approximate surface area is 358 Å². The van der Waals surface area contributed by atoms with Gasteiger partial charge in [0.2, 0.25) is 0 Å². The summed E-state index contributed by atoms with van der Waals surface area (Å²) >= 11 is 0. The lowest BCUT2D eigenvalue weighted by atomic mass is 9.82. The van der Waals surface area contributed by atoms with Crippen LogP contribution < -0.4 is 4.90 Å². The van der Waals surface area contributed by atoms with Gasteiger partial charge in [-0.2, -0.15) is 0 Å². The van der Waals surface area contributed by atoms with Gasteiger partial charge >= 0.3 is 0 Å². The van der Waals surface area contributed by atoms with Crippen molar-refractivity contribution in [3.05, 3.63) is 211 Å². The number of anilines is 3. The van der Waals surface area contributed by atoms with E-state index in [1.54, 1.807) is 0 Å². The van der Waals surface area contributed by atoms with Crippen LogP contribution in [0, 0.1) is 0 Å². The zero-order valence-electron chi connectivity index (χ0n) is 34.3. The van der Waals surface area contributed by atoms with Crippen LogP contribution in [-0.2, 0) is 5.41 Å². The van der Waals surface area contributed by atoms with Gasteiger partial charge in [0.15, 0.2) is 0 Å². The highest BCUT2D eigenvalue weighted by Crippen LogP contribution is 2.53. The Hall–Kier alpha value is -7.88. The molecule has 0 saturated heterocycles. The fourth-order valence-electron chi connectivity index (χ4n) is 10.6. The third-order valence-electron chi connectivity index (χ3n) is 13.5. The summed E-state index contributed by atoms with van der Waals surface area (Å²) in [6, 6.07) is 72.6. The van der Waals surface area contributed by atoms with Gasteiger partial charge in [0.25, 0.3) is 0 Å². The van der Waals surface area contributed by atoms with E-state index in [9.17, 15) is 0 Å². The summed E-state index contributed by atoms with van der Waals surface area (Å²) in [4.78, 5) is 2.47. The van der Waals surface area contributed by atoms with Crippen LogP contribution in [0.2, 0.25) is 0 Å². The molecule has 0 aliphatic heterocycles. The SMILES string of the molecule is CC1(C)c2ccccc2-c2ccc(N(c3ccc(-c4cccc5oc6ccccc6c45)cc3)c3ccc4oc5ccccc5c4c3-c3cc4ccccc4c4ccccc34)cc21. The fourth-order valence-corrected chi connectivity index (χ4v) is 10.6. The minimum atomic E-state index is -0.175. The zero-order chi connectivity index (χ0) is 41.1. The number of rotatable bonds is 5. The summed E-state index contributed by atoms with van der Waals surface area (Å²) in [6.07, 6.45) is 0. The molecule has 0 atom stereocenters. The van der Waals surface area contributed by atoms with E-state index >= 15 is 0 Å². The van der Waals surface area contributed by atoms with Crippen molar-refractivity contribution in [2.24, 2.45) is 0 Å². The molecule has 0 bridgehead atoms. The molecule has 2 heterocycles. The molecule has 1 aliphatic rings. The predicted molar refractivity (Wildman–Crippen MR) is 259 cm³/mol. The Morgan fingerprint density at radius 2 is 0.952 bits per heavy atom. The molecular weight excluding hydrogens is 755 g/mol. The van der Waals surface area contributed by atoms with Crippen molar-refractivity contribution in [3.8, 4) is 33.4 Å². The Bertz CT molecular complexity index is 3790. The number of hydrogen-bond acceptors (Lipinski definition) is 3. The van der Waals surface area contributed by atoms with Crippen molar-refractivity contribution in [2.45, 2.75) is 19.3 Å². The molecule has 13 rings (SSSR count). The number of hydrogen-bond donors (Lipinski definition) is 0. The molecule has 0 saturated carbocycles. The molecule has 292 valence electrons. The second kappa shape index (κ2) is 13.1. The maximum Gasteiger partial charge on any atom is 0.136 e. The van der Waals surface area contributed by atoms with Gasteiger partial charge in [-0.15, -0.1) is 0 Å². The Balaban J connectivity index is 1.10. The van der Waals surface area contributed by atoms with Gasteiger partial charge in [-0.25, -0.2) is 0 Å². The fraction of sp³-hybridized carbons (Fsp3) is 0.0508. The van der Waals surface area contributed by atoms with Crippen LogP contribution in [-0.4, -0.2) is 0 Å². The second-order valence-electron chi connectivity index (χ2n) is 17.2. The predicted octanol–water partition coefficient (Wildman–Crippen LogP) is 16.9. The first-order chi connectivity index (χ1) is 30.5. The Morgan fingerprint density at radius 3 is 1.74 bits per heavy atom. The van der Waals surface area contributed by atoms with Crippen molar-refractivity contribution < 1.29 is 8.83 Å². The summed E-state index contributed by atoms with van der Waals surface area (Å²) in [5.74, 6) is 0.